The maximum absolute atomic E-state index is 12.7. The van der Waals surface area contributed by atoms with Crippen LogP contribution in [0.15, 0.2) is 29.6 Å². The fourth-order valence-corrected chi connectivity index (χ4v) is 3.47. The molecular weight excluding hydrogens is 382 g/mol. The van der Waals surface area contributed by atoms with Crippen molar-refractivity contribution in [3.63, 3.8) is 0 Å². The van der Waals surface area contributed by atoms with Crippen molar-refractivity contribution < 1.29 is 9.59 Å². The van der Waals surface area contributed by atoms with E-state index >= 15 is 0 Å². The highest BCUT2D eigenvalue weighted by Crippen LogP contribution is 2.18. The lowest BCUT2D eigenvalue weighted by Gasteiger charge is -2.26. The average molecular weight is 408 g/mol. The summed E-state index contributed by atoms with van der Waals surface area (Å²) >= 11 is 7.16. The van der Waals surface area contributed by atoms with Gasteiger partial charge in [-0.1, -0.05) is 39.3 Å². The van der Waals surface area contributed by atoms with E-state index in [4.69, 9.17) is 11.6 Å². The molecule has 1 heterocycles. The van der Waals surface area contributed by atoms with E-state index in [2.05, 4.69) is 38.0 Å². The standard InChI is InChI=1S/C20H26ClN3O2S/c1-13(2)10-24(11-14(3)4)18(25)9-17-12-27-20(22-17)23-19(26)15-5-7-16(21)8-6-15/h5-8,12-14H,9-11H2,1-4H3,(H,22,23,26). The quantitative estimate of drug-likeness (QED) is 0.687. The number of benzene rings is 1. The first kappa shape index (κ1) is 21.4. The summed E-state index contributed by atoms with van der Waals surface area (Å²) in [5.74, 6) is 0.646. The van der Waals surface area contributed by atoms with Crippen molar-refractivity contribution in [3.05, 3.63) is 45.9 Å². The lowest BCUT2D eigenvalue weighted by atomic mass is 10.1. The number of nitrogens with one attached hydrogen (secondary N) is 1. The number of amides is 2. The minimum atomic E-state index is -0.250. The predicted octanol–water partition coefficient (Wildman–Crippen LogP) is 4.73. The Bertz CT molecular complexity index is 762. The minimum absolute atomic E-state index is 0.0678. The zero-order valence-electron chi connectivity index (χ0n) is 16.2. The van der Waals surface area contributed by atoms with Gasteiger partial charge in [0.25, 0.3) is 5.91 Å². The third-order valence-corrected chi connectivity index (χ3v) is 4.79. The molecule has 0 aliphatic carbocycles. The van der Waals surface area contributed by atoms with Gasteiger partial charge in [-0.3, -0.25) is 14.9 Å². The van der Waals surface area contributed by atoms with Gasteiger partial charge in [0.15, 0.2) is 5.13 Å². The number of halogens is 1. The molecule has 0 aliphatic heterocycles. The van der Waals surface area contributed by atoms with Gasteiger partial charge in [0.05, 0.1) is 12.1 Å². The number of hydrogen-bond acceptors (Lipinski definition) is 4. The van der Waals surface area contributed by atoms with E-state index in [9.17, 15) is 9.59 Å². The molecule has 146 valence electrons. The van der Waals surface area contributed by atoms with Crippen molar-refractivity contribution in [2.45, 2.75) is 34.1 Å². The van der Waals surface area contributed by atoms with E-state index in [1.54, 1.807) is 24.3 Å². The van der Waals surface area contributed by atoms with Crippen LogP contribution in [0.4, 0.5) is 5.13 Å². The second-order valence-electron chi connectivity index (χ2n) is 7.37. The van der Waals surface area contributed by atoms with E-state index < -0.39 is 0 Å². The maximum atomic E-state index is 12.7. The van der Waals surface area contributed by atoms with E-state index in [0.717, 1.165) is 13.1 Å². The first-order chi connectivity index (χ1) is 12.7. The largest absolute Gasteiger partial charge is 0.342 e. The number of aromatic nitrogens is 1. The molecule has 7 heteroatoms. The first-order valence-corrected chi connectivity index (χ1v) is 10.3. The molecule has 1 aromatic carbocycles. The third kappa shape index (κ3) is 6.96. The van der Waals surface area contributed by atoms with Gasteiger partial charge in [0, 0.05) is 29.1 Å². The van der Waals surface area contributed by atoms with Crippen LogP contribution in [-0.2, 0) is 11.2 Å². The summed E-state index contributed by atoms with van der Waals surface area (Å²) in [6, 6.07) is 6.65. The van der Waals surface area contributed by atoms with Gasteiger partial charge in [0.1, 0.15) is 0 Å². The maximum Gasteiger partial charge on any atom is 0.257 e. The van der Waals surface area contributed by atoms with Crippen LogP contribution < -0.4 is 5.32 Å². The van der Waals surface area contributed by atoms with Crippen molar-refractivity contribution in [1.82, 2.24) is 9.88 Å². The Morgan fingerprint density at radius 2 is 1.70 bits per heavy atom. The number of hydrogen-bond donors (Lipinski definition) is 1. The zero-order valence-corrected chi connectivity index (χ0v) is 17.7. The van der Waals surface area contributed by atoms with Crippen LogP contribution >= 0.6 is 22.9 Å². The number of carbonyl (C=O) groups excluding carboxylic acids is 2. The Morgan fingerprint density at radius 1 is 1.11 bits per heavy atom. The molecule has 0 fully saturated rings. The summed E-state index contributed by atoms with van der Waals surface area (Å²) < 4.78 is 0. The molecule has 2 rings (SSSR count). The van der Waals surface area contributed by atoms with Gasteiger partial charge in [-0.2, -0.15) is 0 Å². The Balaban J connectivity index is 1.98. The number of carbonyl (C=O) groups is 2. The van der Waals surface area contributed by atoms with Crippen LogP contribution in [0.25, 0.3) is 0 Å². The monoisotopic (exact) mass is 407 g/mol. The van der Waals surface area contributed by atoms with Crippen molar-refractivity contribution >= 4 is 39.9 Å². The Kier molecular flexibility index (Phi) is 7.80. The van der Waals surface area contributed by atoms with Gasteiger partial charge in [0.2, 0.25) is 5.91 Å². The van der Waals surface area contributed by atoms with Crippen molar-refractivity contribution in [3.8, 4) is 0 Å². The number of nitrogens with zero attached hydrogens (tertiary/aromatic N) is 2. The predicted molar refractivity (Wildman–Crippen MR) is 111 cm³/mol. The van der Waals surface area contributed by atoms with Crippen LogP contribution in [0.1, 0.15) is 43.7 Å². The second-order valence-corrected chi connectivity index (χ2v) is 8.66. The summed E-state index contributed by atoms with van der Waals surface area (Å²) in [7, 11) is 0. The van der Waals surface area contributed by atoms with Gasteiger partial charge in [-0.15, -0.1) is 11.3 Å². The zero-order chi connectivity index (χ0) is 20.0. The number of anilines is 1. The second kappa shape index (κ2) is 9.85. The lowest BCUT2D eigenvalue weighted by molar-refractivity contribution is -0.131. The highest BCUT2D eigenvalue weighted by molar-refractivity contribution is 7.14. The molecule has 0 spiro atoms. The molecule has 1 aromatic heterocycles. The topological polar surface area (TPSA) is 62.3 Å². The van der Waals surface area contributed by atoms with E-state index in [1.807, 2.05) is 10.3 Å². The van der Waals surface area contributed by atoms with Gasteiger partial charge in [-0.05, 0) is 36.1 Å². The van der Waals surface area contributed by atoms with Gasteiger partial charge in [-0.25, -0.2) is 4.98 Å². The molecule has 5 nitrogen and oxygen atoms in total. The summed E-state index contributed by atoms with van der Waals surface area (Å²) in [5.41, 5.74) is 1.18. The molecule has 27 heavy (non-hydrogen) atoms. The molecule has 0 saturated carbocycles. The third-order valence-electron chi connectivity index (χ3n) is 3.73. The Morgan fingerprint density at radius 3 is 2.26 bits per heavy atom. The average Bonchev–Trinajstić information content (AvgIpc) is 3.00. The van der Waals surface area contributed by atoms with Gasteiger partial charge < -0.3 is 4.90 Å². The summed E-state index contributed by atoms with van der Waals surface area (Å²) in [6.45, 7) is 9.89. The number of thiazole rings is 1. The minimum Gasteiger partial charge on any atom is -0.342 e. The van der Waals surface area contributed by atoms with E-state index in [-0.39, 0.29) is 18.2 Å². The molecule has 0 atom stereocenters. The highest BCUT2D eigenvalue weighted by atomic mass is 35.5. The molecule has 0 aliphatic rings. The Hall–Kier alpha value is -1.92. The molecule has 0 saturated heterocycles. The van der Waals surface area contributed by atoms with Crippen LogP contribution in [-0.4, -0.2) is 34.8 Å². The number of rotatable bonds is 8. The molecule has 2 aromatic rings. The molecule has 0 bridgehead atoms. The summed E-state index contributed by atoms with van der Waals surface area (Å²) in [5, 5.41) is 5.64. The van der Waals surface area contributed by atoms with Crippen LogP contribution in [0.3, 0.4) is 0 Å². The van der Waals surface area contributed by atoms with Crippen molar-refractivity contribution in [2.24, 2.45) is 11.8 Å². The van der Waals surface area contributed by atoms with Crippen molar-refractivity contribution in [2.75, 3.05) is 18.4 Å². The molecule has 0 unspecified atom stereocenters. The smallest absolute Gasteiger partial charge is 0.257 e. The van der Waals surface area contributed by atoms with Crippen LogP contribution in [0.5, 0.6) is 0 Å². The van der Waals surface area contributed by atoms with Crippen LogP contribution in [0.2, 0.25) is 5.02 Å². The fourth-order valence-electron chi connectivity index (χ4n) is 2.64. The molecule has 0 radical (unpaired) electrons. The van der Waals surface area contributed by atoms with Gasteiger partial charge >= 0.3 is 0 Å². The Labute approximate surface area is 169 Å². The lowest BCUT2D eigenvalue weighted by Crippen LogP contribution is -2.38. The first-order valence-electron chi connectivity index (χ1n) is 9.03. The highest BCUT2D eigenvalue weighted by Gasteiger charge is 2.18. The summed E-state index contributed by atoms with van der Waals surface area (Å²) in [6.07, 6.45) is 0.243. The normalized spacial score (nSPS) is 11.1. The SMILES string of the molecule is CC(C)CN(CC(C)C)C(=O)Cc1csc(NC(=O)c2ccc(Cl)cc2)n1. The fraction of sp³-hybridized carbons (Fsp3) is 0.450. The molecular formula is C20H26ClN3O2S. The summed E-state index contributed by atoms with van der Waals surface area (Å²) in [4.78, 5) is 31.2. The van der Waals surface area contributed by atoms with E-state index in [0.29, 0.717) is 33.2 Å². The molecule has 2 amide bonds. The van der Waals surface area contributed by atoms with Crippen LogP contribution in [0, 0.1) is 11.8 Å². The van der Waals surface area contributed by atoms with E-state index in [1.165, 1.54) is 11.3 Å². The van der Waals surface area contributed by atoms with Crippen molar-refractivity contribution in [1.29, 1.82) is 0 Å². The molecule has 1 N–H and O–H groups in total.